The predicted molar refractivity (Wildman–Crippen MR) is 66.5 cm³/mol. The van der Waals surface area contributed by atoms with Gasteiger partial charge in [-0.1, -0.05) is 0 Å². The Morgan fingerprint density at radius 3 is 2.88 bits per heavy atom. The van der Waals surface area contributed by atoms with Crippen LogP contribution in [0.15, 0.2) is 18.3 Å². The maximum Gasteiger partial charge on any atom is 0.128 e. The molecule has 0 unspecified atom stereocenters. The number of rotatable bonds is 7. The first-order chi connectivity index (χ1) is 7.81. The fraction of sp³-hybridized carbons (Fsp3) is 0.583. The molecule has 1 aromatic rings. The van der Waals surface area contributed by atoms with E-state index < -0.39 is 0 Å². The first-order valence-corrected chi connectivity index (χ1v) is 5.79. The van der Waals surface area contributed by atoms with Crippen LogP contribution in [0.25, 0.3) is 0 Å². The lowest BCUT2D eigenvalue weighted by Crippen LogP contribution is -2.28. The molecule has 90 valence electrons. The molecular formula is C12H21N3O. The van der Waals surface area contributed by atoms with Gasteiger partial charge in [0, 0.05) is 32.4 Å². The van der Waals surface area contributed by atoms with Gasteiger partial charge < -0.3 is 15.4 Å². The van der Waals surface area contributed by atoms with Gasteiger partial charge in [0.2, 0.25) is 0 Å². The summed E-state index contributed by atoms with van der Waals surface area (Å²) in [6.45, 7) is 7.96. The van der Waals surface area contributed by atoms with Crippen LogP contribution in [0.2, 0.25) is 0 Å². The van der Waals surface area contributed by atoms with Crippen molar-refractivity contribution >= 4 is 5.82 Å². The summed E-state index contributed by atoms with van der Waals surface area (Å²) in [6.07, 6.45) is 1.81. The fourth-order valence-electron chi connectivity index (χ4n) is 1.51. The zero-order valence-electron chi connectivity index (χ0n) is 10.1. The van der Waals surface area contributed by atoms with Gasteiger partial charge in [-0.05, 0) is 31.5 Å². The molecule has 0 aliphatic heterocycles. The fourth-order valence-corrected chi connectivity index (χ4v) is 1.51. The summed E-state index contributed by atoms with van der Waals surface area (Å²) in [5.41, 5.74) is 6.72. The highest BCUT2D eigenvalue weighted by Crippen LogP contribution is 2.11. The summed E-state index contributed by atoms with van der Waals surface area (Å²) < 4.78 is 5.35. The van der Waals surface area contributed by atoms with Crippen molar-refractivity contribution in [3.05, 3.63) is 23.9 Å². The number of nitrogens with two attached hydrogens (primary N) is 1. The molecule has 0 atom stereocenters. The molecule has 0 saturated carbocycles. The molecule has 0 aliphatic carbocycles. The summed E-state index contributed by atoms with van der Waals surface area (Å²) in [7, 11) is 0. The lowest BCUT2D eigenvalue weighted by molar-refractivity contribution is 0.154. The summed E-state index contributed by atoms with van der Waals surface area (Å²) in [5.74, 6) is 0.977. The van der Waals surface area contributed by atoms with Crippen molar-refractivity contribution in [2.24, 2.45) is 5.73 Å². The van der Waals surface area contributed by atoms with Crippen LogP contribution >= 0.6 is 0 Å². The van der Waals surface area contributed by atoms with E-state index >= 15 is 0 Å². The normalized spacial score (nSPS) is 10.4. The second-order valence-electron chi connectivity index (χ2n) is 3.50. The Morgan fingerprint density at radius 2 is 2.25 bits per heavy atom. The van der Waals surface area contributed by atoms with Crippen molar-refractivity contribution in [2.75, 3.05) is 31.2 Å². The number of anilines is 1. The standard InChI is InChI=1S/C12H21N3O/c1-3-15(7-8-16-4-2)12-9-11(10-13)5-6-14-12/h5-6,9H,3-4,7-8,10,13H2,1-2H3. The molecule has 0 saturated heterocycles. The number of hydrogen-bond acceptors (Lipinski definition) is 4. The highest BCUT2D eigenvalue weighted by molar-refractivity contribution is 5.40. The van der Waals surface area contributed by atoms with Crippen molar-refractivity contribution < 1.29 is 4.74 Å². The molecule has 4 nitrogen and oxygen atoms in total. The number of aromatic nitrogens is 1. The molecule has 4 heteroatoms. The SMILES string of the molecule is CCOCCN(CC)c1cc(CN)ccn1. The van der Waals surface area contributed by atoms with Crippen LogP contribution in [-0.4, -0.2) is 31.3 Å². The minimum atomic E-state index is 0.554. The van der Waals surface area contributed by atoms with E-state index in [1.54, 1.807) is 6.20 Å². The zero-order valence-corrected chi connectivity index (χ0v) is 10.1. The van der Waals surface area contributed by atoms with Gasteiger partial charge >= 0.3 is 0 Å². The minimum Gasteiger partial charge on any atom is -0.380 e. The average molecular weight is 223 g/mol. The molecule has 0 aromatic carbocycles. The summed E-state index contributed by atoms with van der Waals surface area (Å²) in [4.78, 5) is 6.54. The number of pyridine rings is 1. The molecule has 0 spiro atoms. The number of ether oxygens (including phenoxy) is 1. The van der Waals surface area contributed by atoms with Crippen molar-refractivity contribution in [3.63, 3.8) is 0 Å². The second-order valence-corrected chi connectivity index (χ2v) is 3.50. The van der Waals surface area contributed by atoms with Gasteiger partial charge in [0.05, 0.1) is 6.61 Å². The van der Waals surface area contributed by atoms with Crippen LogP contribution in [0.5, 0.6) is 0 Å². The Bertz CT molecular complexity index is 304. The summed E-state index contributed by atoms with van der Waals surface area (Å²) in [6, 6.07) is 3.98. The van der Waals surface area contributed by atoms with Gasteiger partial charge in [-0.3, -0.25) is 0 Å². The predicted octanol–water partition coefficient (Wildman–Crippen LogP) is 1.40. The lowest BCUT2D eigenvalue weighted by Gasteiger charge is -2.22. The second kappa shape index (κ2) is 7.19. The van der Waals surface area contributed by atoms with Crippen molar-refractivity contribution in [3.8, 4) is 0 Å². The largest absolute Gasteiger partial charge is 0.380 e. The van der Waals surface area contributed by atoms with Gasteiger partial charge in [-0.25, -0.2) is 4.98 Å². The van der Waals surface area contributed by atoms with E-state index in [9.17, 15) is 0 Å². The third kappa shape index (κ3) is 3.79. The van der Waals surface area contributed by atoms with Crippen LogP contribution < -0.4 is 10.6 Å². The molecule has 1 rings (SSSR count). The van der Waals surface area contributed by atoms with Gasteiger partial charge in [0.25, 0.3) is 0 Å². The quantitative estimate of drug-likeness (QED) is 0.710. The molecular weight excluding hydrogens is 202 g/mol. The Balaban J connectivity index is 2.62. The summed E-state index contributed by atoms with van der Waals surface area (Å²) >= 11 is 0. The van der Waals surface area contributed by atoms with E-state index in [1.165, 1.54) is 0 Å². The molecule has 0 aliphatic rings. The molecule has 0 fully saturated rings. The van der Waals surface area contributed by atoms with Crippen LogP contribution in [0.4, 0.5) is 5.82 Å². The Hall–Kier alpha value is -1.13. The maximum absolute atomic E-state index is 5.61. The van der Waals surface area contributed by atoms with Crippen LogP contribution in [0, 0.1) is 0 Å². The van der Waals surface area contributed by atoms with Gasteiger partial charge in [0.15, 0.2) is 0 Å². The highest BCUT2D eigenvalue weighted by Gasteiger charge is 2.05. The zero-order chi connectivity index (χ0) is 11.8. The lowest BCUT2D eigenvalue weighted by atomic mass is 10.2. The van der Waals surface area contributed by atoms with E-state index in [-0.39, 0.29) is 0 Å². The highest BCUT2D eigenvalue weighted by atomic mass is 16.5. The van der Waals surface area contributed by atoms with Gasteiger partial charge in [-0.15, -0.1) is 0 Å². The minimum absolute atomic E-state index is 0.554. The Labute approximate surface area is 97.4 Å². The monoisotopic (exact) mass is 223 g/mol. The van der Waals surface area contributed by atoms with E-state index in [0.717, 1.165) is 37.7 Å². The van der Waals surface area contributed by atoms with Crippen molar-refractivity contribution in [2.45, 2.75) is 20.4 Å². The third-order valence-electron chi connectivity index (χ3n) is 2.46. The first-order valence-electron chi connectivity index (χ1n) is 5.79. The molecule has 16 heavy (non-hydrogen) atoms. The molecule has 1 heterocycles. The smallest absolute Gasteiger partial charge is 0.128 e. The first kappa shape index (κ1) is 12.9. The molecule has 0 amide bonds. The van der Waals surface area contributed by atoms with E-state index in [4.69, 9.17) is 10.5 Å². The van der Waals surface area contributed by atoms with Gasteiger partial charge in [0.1, 0.15) is 5.82 Å². The van der Waals surface area contributed by atoms with Crippen LogP contribution in [0.3, 0.4) is 0 Å². The number of likely N-dealkylation sites (N-methyl/N-ethyl adjacent to an activating group) is 1. The molecule has 0 radical (unpaired) electrons. The third-order valence-corrected chi connectivity index (χ3v) is 2.46. The van der Waals surface area contributed by atoms with Crippen molar-refractivity contribution in [1.29, 1.82) is 0 Å². The van der Waals surface area contributed by atoms with E-state index in [1.807, 2.05) is 19.1 Å². The maximum atomic E-state index is 5.61. The van der Waals surface area contributed by atoms with Crippen molar-refractivity contribution in [1.82, 2.24) is 4.98 Å². The molecule has 0 bridgehead atoms. The Kier molecular flexibility index (Phi) is 5.82. The van der Waals surface area contributed by atoms with Crippen LogP contribution in [-0.2, 0) is 11.3 Å². The van der Waals surface area contributed by atoms with Crippen LogP contribution in [0.1, 0.15) is 19.4 Å². The summed E-state index contributed by atoms with van der Waals surface area (Å²) in [5, 5.41) is 0. The number of nitrogens with zero attached hydrogens (tertiary/aromatic N) is 2. The van der Waals surface area contributed by atoms with E-state index in [2.05, 4.69) is 16.8 Å². The Morgan fingerprint density at radius 1 is 1.44 bits per heavy atom. The van der Waals surface area contributed by atoms with E-state index in [0.29, 0.717) is 6.54 Å². The topological polar surface area (TPSA) is 51.4 Å². The molecule has 2 N–H and O–H groups in total. The van der Waals surface area contributed by atoms with Gasteiger partial charge in [-0.2, -0.15) is 0 Å². The number of hydrogen-bond donors (Lipinski definition) is 1. The molecule has 1 aromatic heterocycles. The average Bonchev–Trinajstić information content (AvgIpc) is 2.35.